The van der Waals surface area contributed by atoms with Gasteiger partial charge in [-0.15, -0.1) is 11.8 Å². The fraction of sp³-hybridized carbons (Fsp3) is 0.636. The summed E-state index contributed by atoms with van der Waals surface area (Å²) in [6, 6.07) is 0. The monoisotopic (exact) mass is 241 g/mol. The Labute approximate surface area is 101 Å². The molecular weight excluding hydrogens is 222 g/mol. The van der Waals surface area contributed by atoms with Crippen LogP contribution in [0.3, 0.4) is 0 Å². The van der Waals surface area contributed by atoms with Gasteiger partial charge in [0.1, 0.15) is 0 Å². The van der Waals surface area contributed by atoms with Crippen LogP contribution in [-0.4, -0.2) is 32.9 Å². The maximum Gasteiger partial charge on any atom is 0.230 e. The third kappa shape index (κ3) is 5.80. The van der Waals surface area contributed by atoms with Crippen LogP contribution in [0, 0.1) is 0 Å². The zero-order valence-corrected chi connectivity index (χ0v) is 10.9. The minimum absolute atomic E-state index is 0.0967. The zero-order valence-electron chi connectivity index (χ0n) is 10.0. The molecular formula is C11H19N3OS. The van der Waals surface area contributed by atoms with Crippen molar-refractivity contribution in [3.8, 4) is 0 Å². The number of imidazole rings is 1. The molecule has 0 aliphatic heterocycles. The smallest absolute Gasteiger partial charge is 0.230 e. The second-order valence-corrected chi connectivity index (χ2v) is 6.38. The van der Waals surface area contributed by atoms with Crippen molar-refractivity contribution in [1.82, 2.24) is 15.3 Å². The molecule has 1 amide bonds. The van der Waals surface area contributed by atoms with Gasteiger partial charge < -0.3 is 10.3 Å². The van der Waals surface area contributed by atoms with E-state index >= 15 is 0 Å². The van der Waals surface area contributed by atoms with Gasteiger partial charge in [0, 0.05) is 29.6 Å². The highest BCUT2D eigenvalue weighted by molar-refractivity contribution is 8.01. The predicted molar refractivity (Wildman–Crippen MR) is 67.5 cm³/mol. The number of nitrogens with one attached hydrogen (secondary N) is 2. The average molecular weight is 241 g/mol. The van der Waals surface area contributed by atoms with Crippen LogP contribution >= 0.6 is 11.8 Å². The predicted octanol–water partition coefficient (Wildman–Crippen LogP) is 1.60. The standard InChI is InChI=1S/C11H19N3OS/c1-11(2,3)16-7-10(15)13-5-4-9-6-12-8-14-9/h6,8H,4-5,7H2,1-3H3,(H,12,14)(H,13,15). The first-order chi connectivity index (χ1) is 7.47. The lowest BCUT2D eigenvalue weighted by atomic mass is 10.3. The number of nitrogens with zero attached hydrogens (tertiary/aromatic N) is 1. The highest BCUT2D eigenvalue weighted by atomic mass is 32.2. The second-order valence-electron chi connectivity index (χ2n) is 4.58. The highest BCUT2D eigenvalue weighted by Gasteiger charge is 2.12. The van der Waals surface area contributed by atoms with Gasteiger partial charge in [-0.2, -0.15) is 0 Å². The molecule has 1 aromatic rings. The van der Waals surface area contributed by atoms with E-state index in [1.807, 2.05) is 0 Å². The second kappa shape index (κ2) is 5.94. The van der Waals surface area contributed by atoms with Gasteiger partial charge in [0.2, 0.25) is 5.91 Å². The van der Waals surface area contributed by atoms with E-state index in [-0.39, 0.29) is 10.7 Å². The molecule has 0 saturated carbocycles. The van der Waals surface area contributed by atoms with Gasteiger partial charge in [-0.05, 0) is 0 Å². The van der Waals surface area contributed by atoms with Crippen molar-refractivity contribution in [2.75, 3.05) is 12.3 Å². The Kier molecular flexibility index (Phi) is 4.86. The van der Waals surface area contributed by atoms with Gasteiger partial charge in [-0.3, -0.25) is 4.79 Å². The van der Waals surface area contributed by atoms with Crippen molar-refractivity contribution >= 4 is 17.7 Å². The Balaban J connectivity index is 2.11. The number of aromatic nitrogens is 2. The molecule has 0 saturated heterocycles. The van der Waals surface area contributed by atoms with Gasteiger partial charge in [0.25, 0.3) is 0 Å². The molecule has 90 valence electrons. The SMILES string of the molecule is CC(C)(C)SCC(=O)NCCc1cnc[nH]1. The van der Waals surface area contributed by atoms with Crippen molar-refractivity contribution < 1.29 is 4.79 Å². The molecule has 0 aromatic carbocycles. The first kappa shape index (κ1) is 13.1. The normalized spacial score (nSPS) is 11.4. The van der Waals surface area contributed by atoms with Crippen LogP contribution in [0.1, 0.15) is 26.5 Å². The van der Waals surface area contributed by atoms with Gasteiger partial charge in [0.05, 0.1) is 12.1 Å². The Morgan fingerprint density at radius 1 is 1.56 bits per heavy atom. The summed E-state index contributed by atoms with van der Waals surface area (Å²) in [5.41, 5.74) is 1.05. The molecule has 2 N–H and O–H groups in total. The topological polar surface area (TPSA) is 57.8 Å². The Morgan fingerprint density at radius 3 is 2.88 bits per heavy atom. The van der Waals surface area contributed by atoms with Crippen molar-refractivity contribution in [2.24, 2.45) is 0 Å². The van der Waals surface area contributed by atoms with E-state index in [1.54, 1.807) is 24.3 Å². The summed E-state index contributed by atoms with van der Waals surface area (Å²) in [5.74, 6) is 0.617. The van der Waals surface area contributed by atoms with E-state index in [4.69, 9.17) is 0 Å². The average Bonchev–Trinajstić information content (AvgIpc) is 2.66. The molecule has 5 heteroatoms. The molecule has 0 aliphatic carbocycles. The molecule has 0 bridgehead atoms. The number of thioether (sulfide) groups is 1. The minimum atomic E-state index is 0.0967. The minimum Gasteiger partial charge on any atom is -0.355 e. The zero-order chi connectivity index (χ0) is 12.0. The lowest BCUT2D eigenvalue weighted by Crippen LogP contribution is -2.28. The summed E-state index contributed by atoms with van der Waals surface area (Å²) < 4.78 is 0.140. The Bertz CT molecular complexity index is 316. The molecule has 0 unspecified atom stereocenters. The van der Waals surface area contributed by atoms with Gasteiger partial charge in [-0.25, -0.2) is 4.98 Å². The summed E-state index contributed by atoms with van der Waals surface area (Å²) in [7, 11) is 0. The van der Waals surface area contributed by atoms with Crippen molar-refractivity contribution in [3.05, 3.63) is 18.2 Å². The molecule has 4 nitrogen and oxygen atoms in total. The maximum absolute atomic E-state index is 11.5. The lowest BCUT2D eigenvalue weighted by molar-refractivity contribution is -0.118. The third-order valence-electron chi connectivity index (χ3n) is 1.91. The fourth-order valence-corrected chi connectivity index (χ4v) is 1.76. The van der Waals surface area contributed by atoms with Crippen molar-refractivity contribution in [3.63, 3.8) is 0 Å². The number of rotatable bonds is 5. The first-order valence-electron chi connectivity index (χ1n) is 5.35. The van der Waals surface area contributed by atoms with Gasteiger partial charge in [-0.1, -0.05) is 20.8 Å². The quantitative estimate of drug-likeness (QED) is 0.823. The number of amides is 1. The van der Waals surface area contributed by atoms with E-state index in [0.717, 1.165) is 12.1 Å². The highest BCUT2D eigenvalue weighted by Crippen LogP contribution is 2.22. The Hall–Kier alpha value is -0.970. The summed E-state index contributed by atoms with van der Waals surface area (Å²) in [6.45, 7) is 6.98. The molecule has 0 spiro atoms. The summed E-state index contributed by atoms with van der Waals surface area (Å²) in [4.78, 5) is 18.4. The Morgan fingerprint density at radius 2 is 2.31 bits per heavy atom. The summed E-state index contributed by atoms with van der Waals surface area (Å²) >= 11 is 1.66. The number of carbonyl (C=O) groups is 1. The molecule has 1 aromatic heterocycles. The number of hydrogen-bond acceptors (Lipinski definition) is 3. The van der Waals surface area contributed by atoms with Crippen LogP contribution in [0.25, 0.3) is 0 Å². The molecule has 0 aliphatic rings. The number of H-pyrrole nitrogens is 1. The van der Waals surface area contributed by atoms with E-state index in [2.05, 4.69) is 36.1 Å². The lowest BCUT2D eigenvalue weighted by Gasteiger charge is -2.16. The number of hydrogen-bond donors (Lipinski definition) is 2. The molecule has 1 heterocycles. The van der Waals surface area contributed by atoms with E-state index in [1.165, 1.54) is 0 Å². The van der Waals surface area contributed by atoms with Crippen LogP contribution in [0.2, 0.25) is 0 Å². The molecule has 0 radical (unpaired) electrons. The molecule has 0 atom stereocenters. The third-order valence-corrected chi connectivity index (χ3v) is 3.18. The molecule has 0 fully saturated rings. The van der Waals surface area contributed by atoms with Crippen LogP contribution in [0.5, 0.6) is 0 Å². The van der Waals surface area contributed by atoms with E-state index < -0.39 is 0 Å². The van der Waals surface area contributed by atoms with Gasteiger partial charge >= 0.3 is 0 Å². The number of aromatic amines is 1. The van der Waals surface area contributed by atoms with Crippen molar-refractivity contribution in [2.45, 2.75) is 31.9 Å². The van der Waals surface area contributed by atoms with Crippen LogP contribution in [0.15, 0.2) is 12.5 Å². The first-order valence-corrected chi connectivity index (χ1v) is 6.34. The molecule has 1 rings (SSSR count). The van der Waals surface area contributed by atoms with Gasteiger partial charge in [0.15, 0.2) is 0 Å². The van der Waals surface area contributed by atoms with Crippen LogP contribution in [-0.2, 0) is 11.2 Å². The maximum atomic E-state index is 11.5. The number of carbonyl (C=O) groups excluding carboxylic acids is 1. The largest absolute Gasteiger partial charge is 0.355 e. The van der Waals surface area contributed by atoms with Crippen molar-refractivity contribution in [1.29, 1.82) is 0 Å². The fourth-order valence-electron chi connectivity index (χ4n) is 1.09. The summed E-state index contributed by atoms with van der Waals surface area (Å²) in [5, 5.41) is 2.89. The van der Waals surface area contributed by atoms with Crippen LogP contribution in [0.4, 0.5) is 0 Å². The van der Waals surface area contributed by atoms with E-state index in [9.17, 15) is 4.79 Å². The summed E-state index contributed by atoms with van der Waals surface area (Å²) in [6.07, 6.45) is 4.22. The molecule has 16 heavy (non-hydrogen) atoms. The van der Waals surface area contributed by atoms with Crippen LogP contribution < -0.4 is 5.32 Å². The van der Waals surface area contributed by atoms with E-state index in [0.29, 0.717) is 12.3 Å².